The molecular formula is C8H13NO3. The van der Waals surface area contributed by atoms with Crippen LogP contribution in [0.4, 0.5) is 4.79 Å². The summed E-state index contributed by atoms with van der Waals surface area (Å²) in [6.45, 7) is 2.85. The van der Waals surface area contributed by atoms with Gasteiger partial charge < -0.3 is 14.7 Å². The van der Waals surface area contributed by atoms with Crippen molar-refractivity contribution in [2.75, 3.05) is 26.3 Å². The van der Waals surface area contributed by atoms with E-state index >= 15 is 0 Å². The molecule has 1 spiro atoms. The first-order chi connectivity index (χ1) is 5.72. The molecule has 4 heteroatoms. The summed E-state index contributed by atoms with van der Waals surface area (Å²) >= 11 is 0. The molecule has 0 aromatic heterocycles. The predicted molar refractivity (Wildman–Crippen MR) is 42.1 cm³/mol. The molecule has 0 radical (unpaired) electrons. The molecule has 0 aromatic rings. The lowest BCUT2D eigenvalue weighted by atomic mass is 9.78. The van der Waals surface area contributed by atoms with Crippen molar-refractivity contribution < 1.29 is 14.6 Å². The highest BCUT2D eigenvalue weighted by Gasteiger charge is 2.43. The van der Waals surface area contributed by atoms with Crippen LogP contribution >= 0.6 is 0 Å². The van der Waals surface area contributed by atoms with E-state index in [1.54, 1.807) is 0 Å². The Morgan fingerprint density at radius 1 is 1.50 bits per heavy atom. The number of ether oxygens (including phenoxy) is 1. The molecule has 2 aliphatic rings. The monoisotopic (exact) mass is 171 g/mol. The van der Waals surface area contributed by atoms with E-state index in [4.69, 9.17) is 9.84 Å². The lowest BCUT2D eigenvalue weighted by Crippen LogP contribution is -2.55. The highest BCUT2D eigenvalue weighted by Crippen LogP contribution is 2.36. The largest absolute Gasteiger partial charge is 0.465 e. The third kappa shape index (κ3) is 1.16. The first-order valence-corrected chi connectivity index (χ1v) is 4.28. The minimum Gasteiger partial charge on any atom is -0.465 e. The Balaban J connectivity index is 1.98. The normalized spacial score (nSPS) is 26.8. The second kappa shape index (κ2) is 2.62. The van der Waals surface area contributed by atoms with Gasteiger partial charge in [0.1, 0.15) is 0 Å². The Morgan fingerprint density at radius 3 is 2.75 bits per heavy atom. The Kier molecular flexibility index (Phi) is 1.72. The van der Waals surface area contributed by atoms with Gasteiger partial charge in [-0.25, -0.2) is 4.79 Å². The summed E-state index contributed by atoms with van der Waals surface area (Å²) in [7, 11) is 0. The molecular weight excluding hydrogens is 158 g/mol. The van der Waals surface area contributed by atoms with Crippen LogP contribution in [0.1, 0.15) is 12.8 Å². The number of piperidine rings is 1. The summed E-state index contributed by atoms with van der Waals surface area (Å²) in [5.74, 6) is 0. The molecule has 2 rings (SSSR count). The minimum atomic E-state index is -0.791. The fourth-order valence-corrected chi connectivity index (χ4v) is 2.00. The second-order valence-electron chi connectivity index (χ2n) is 3.80. The van der Waals surface area contributed by atoms with Gasteiger partial charge in [-0.1, -0.05) is 0 Å². The number of amides is 1. The number of carbonyl (C=O) groups is 1. The fourth-order valence-electron chi connectivity index (χ4n) is 2.00. The zero-order valence-electron chi connectivity index (χ0n) is 6.95. The van der Waals surface area contributed by atoms with Crippen LogP contribution in [0.2, 0.25) is 0 Å². The van der Waals surface area contributed by atoms with Crippen molar-refractivity contribution in [3.63, 3.8) is 0 Å². The quantitative estimate of drug-likeness (QED) is 0.585. The second-order valence-corrected chi connectivity index (χ2v) is 3.80. The molecule has 12 heavy (non-hydrogen) atoms. The molecule has 0 aliphatic carbocycles. The highest BCUT2D eigenvalue weighted by molar-refractivity contribution is 5.65. The zero-order valence-corrected chi connectivity index (χ0v) is 6.95. The van der Waals surface area contributed by atoms with Gasteiger partial charge >= 0.3 is 6.09 Å². The molecule has 0 unspecified atom stereocenters. The number of likely N-dealkylation sites (tertiary alicyclic amines) is 1. The smallest absolute Gasteiger partial charge is 0.407 e. The van der Waals surface area contributed by atoms with Gasteiger partial charge in [-0.2, -0.15) is 0 Å². The van der Waals surface area contributed by atoms with E-state index in [1.807, 2.05) is 0 Å². The molecule has 0 saturated carbocycles. The van der Waals surface area contributed by atoms with Crippen molar-refractivity contribution in [1.29, 1.82) is 0 Å². The first kappa shape index (κ1) is 7.86. The third-order valence-corrected chi connectivity index (χ3v) is 2.75. The Bertz CT molecular complexity index is 200. The molecule has 1 amide bonds. The average Bonchev–Trinajstić information content (AvgIpc) is 2.02. The summed E-state index contributed by atoms with van der Waals surface area (Å²) in [6, 6.07) is 0. The predicted octanol–water partition coefficient (Wildman–Crippen LogP) is 0.777. The van der Waals surface area contributed by atoms with Gasteiger partial charge in [0.25, 0.3) is 0 Å². The Morgan fingerprint density at radius 2 is 2.25 bits per heavy atom. The van der Waals surface area contributed by atoms with Crippen LogP contribution in [0.3, 0.4) is 0 Å². The van der Waals surface area contributed by atoms with Crippen LogP contribution in [0.5, 0.6) is 0 Å². The summed E-state index contributed by atoms with van der Waals surface area (Å²) < 4.78 is 5.12. The highest BCUT2D eigenvalue weighted by atomic mass is 16.5. The average molecular weight is 171 g/mol. The number of hydrogen-bond donors (Lipinski definition) is 1. The van der Waals surface area contributed by atoms with Crippen molar-refractivity contribution in [2.24, 2.45) is 5.41 Å². The molecule has 1 N–H and O–H groups in total. The van der Waals surface area contributed by atoms with Gasteiger partial charge in [0.15, 0.2) is 0 Å². The number of carboxylic acid groups (broad SMARTS) is 1. The maximum absolute atomic E-state index is 10.7. The maximum Gasteiger partial charge on any atom is 0.407 e. The van der Waals surface area contributed by atoms with Crippen LogP contribution in [0.25, 0.3) is 0 Å². The minimum absolute atomic E-state index is 0.177. The van der Waals surface area contributed by atoms with Crippen LogP contribution in [0, 0.1) is 5.41 Å². The molecule has 2 fully saturated rings. The van der Waals surface area contributed by atoms with Gasteiger partial charge in [0.2, 0.25) is 0 Å². The van der Waals surface area contributed by atoms with Crippen LogP contribution in [0.15, 0.2) is 0 Å². The van der Waals surface area contributed by atoms with Gasteiger partial charge in [-0.15, -0.1) is 0 Å². The van der Waals surface area contributed by atoms with Gasteiger partial charge in [-0.3, -0.25) is 0 Å². The van der Waals surface area contributed by atoms with Crippen molar-refractivity contribution in [3.05, 3.63) is 0 Å². The van der Waals surface area contributed by atoms with E-state index in [9.17, 15) is 4.79 Å². The van der Waals surface area contributed by atoms with E-state index in [-0.39, 0.29) is 5.41 Å². The lowest BCUT2D eigenvalue weighted by molar-refractivity contribution is -0.139. The Labute approximate surface area is 71.1 Å². The van der Waals surface area contributed by atoms with Crippen molar-refractivity contribution in [2.45, 2.75) is 12.8 Å². The molecule has 2 saturated heterocycles. The summed E-state index contributed by atoms with van der Waals surface area (Å²) in [6.07, 6.45) is 1.31. The third-order valence-electron chi connectivity index (χ3n) is 2.75. The van der Waals surface area contributed by atoms with Crippen molar-refractivity contribution >= 4 is 6.09 Å². The van der Waals surface area contributed by atoms with Gasteiger partial charge in [0.05, 0.1) is 13.2 Å². The van der Waals surface area contributed by atoms with Crippen molar-refractivity contribution in [1.82, 2.24) is 4.90 Å². The van der Waals surface area contributed by atoms with E-state index < -0.39 is 6.09 Å². The zero-order chi connectivity index (χ0) is 8.60. The van der Waals surface area contributed by atoms with Crippen molar-refractivity contribution in [3.8, 4) is 0 Å². The fraction of sp³-hybridized carbons (Fsp3) is 0.875. The van der Waals surface area contributed by atoms with Crippen LogP contribution in [-0.4, -0.2) is 42.4 Å². The van der Waals surface area contributed by atoms with Crippen LogP contribution in [-0.2, 0) is 4.74 Å². The molecule has 2 aliphatic heterocycles. The standard InChI is InChI=1S/C8H13NO3/c10-7(11)9-3-1-2-8(4-9)5-12-6-8/h1-6H2,(H,10,11). The van der Waals surface area contributed by atoms with Gasteiger partial charge in [0, 0.05) is 18.5 Å². The summed E-state index contributed by atoms with van der Waals surface area (Å²) in [5, 5.41) is 8.78. The molecule has 0 bridgehead atoms. The van der Waals surface area contributed by atoms with Crippen LogP contribution < -0.4 is 0 Å². The van der Waals surface area contributed by atoms with E-state index in [0.29, 0.717) is 13.1 Å². The number of hydrogen-bond acceptors (Lipinski definition) is 2. The summed E-state index contributed by atoms with van der Waals surface area (Å²) in [5.41, 5.74) is 0.177. The maximum atomic E-state index is 10.7. The van der Waals surface area contributed by atoms with Gasteiger partial charge in [-0.05, 0) is 12.8 Å². The van der Waals surface area contributed by atoms with E-state index in [0.717, 1.165) is 26.1 Å². The van der Waals surface area contributed by atoms with E-state index in [1.165, 1.54) is 4.90 Å². The summed E-state index contributed by atoms with van der Waals surface area (Å²) in [4.78, 5) is 12.2. The number of rotatable bonds is 0. The first-order valence-electron chi connectivity index (χ1n) is 4.28. The Hall–Kier alpha value is -0.770. The molecule has 0 aromatic carbocycles. The topological polar surface area (TPSA) is 49.8 Å². The SMILES string of the molecule is O=C(O)N1CCCC2(COC2)C1. The molecule has 2 heterocycles. The molecule has 4 nitrogen and oxygen atoms in total. The lowest BCUT2D eigenvalue weighted by Gasteiger charge is -2.47. The van der Waals surface area contributed by atoms with E-state index in [2.05, 4.69) is 0 Å². The molecule has 68 valence electrons. The molecule has 0 atom stereocenters. The number of nitrogens with zero attached hydrogens (tertiary/aromatic N) is 1.